The molecule has 1 aliphatic carbocycles. The van der Waals surface area contributed by atoms with Crippen molar-refractivity contribution < 1.29 is 40.9 Å². The Hall–Kier alpha value is -3.19. The van der Waals surface area contributed by atoms with Crippen molar-refractivity contribution in [1.82, 2.24) is 4.31 Å². The number of benzene rings is 2. The molecule has 0 bridgehead atoms. The molecule has 0 radical (unpaired) electrons. The highest BCUT2D eigenvalue weighted by molar-refractivity contribution is 7.89. The molecular formula is C28H28Cl2F2N2O7S. The van der Waals surface area contributed by atoms with E-state index in [-0.39, 0.29) is 45.0 Å². The van der Waals surface area contributed by atoms with Gasteiger partial charge in [-0.05, 0) is 55.5 Å². The summed E-state index contributed by atoms with van der Waals surface area (Å²) >= 11 is 12.6. The average Bonchev–Trinajstić information content (AvgIpc) is 3.77. The number of carbonyl (C=O) groups is 1. The van der Waals surface area contributed by atoms with Crippen LogP contribution in [0.2, 0.25) is 10.0 Å². The van der Waals surface area contributed by atoms with Crippen molar-refractivity contribution in [2.75, 3.05) is 13.7 Å². The lowest BCUT2D eigenvalue weighted by molar-refractivity contribution is -0.605. The minimum Gasteiger partial charge on any atom is -0.619 e. The van der Waals surface area contributed by atoms with Crippen LogP contribution in [0.25, 0.3) is 0 Å². The molecule has 226 valence electrons. The minimum absolute atomic E-state index is 0.00164. The number of rotatable bonds is 13. The number of nitrogens with zero attached hydrogens (tertiary/aromatic N) is 2. The van der Waals surface area contributed by atoms with E-state index in [9.17, 15) is 27.2 Å². The molecule has 1 fully saturated rings. The van der Waals surface area contributed by atoms with E-state index >= 15 is 0 Å². The van der Waals surface area contributed by atoms with Gasteiger partial charge in [-0.15, -0.1) is 0 Å². The van der Waals surface area contributed by atoms with Crippen LogP contribution >= 0.6 is 23.2 Å². The van der Waals surface area contributed by atoms with Crippen LogP contribution in [-0.2, 0) is 26.0 Å². The number of sulfonamides is 1. The van der Waals surface area contributed by atoms with Crippen LogP contribution < -0.4 is 14.2 Å². The molecule has 3 aromatic rings. The molecule has 4 rings (SSSR count). The van der Waals surface area contributed by atoms with E-state index in [0.29, 0.717) is 16.2 Å². The predicted octanol–water partition coefficient (Wildman–Crippen LogP) is 5.55. The minimum atomic E-state index is -4.05. The van der Waals surface area contributed by atoms with Crippen molar-refractivity contribution >= 4 is 39.2 Å². The van der Waals surface area contributed by atoms with E-state index in [0.717, 1.165) is 29.5 Å². The summed E-state index contributed by atoms with van der Waals surface area (Å²) in [7, 11) is -2.80. The number of carbonyl (C=O) groups excluding carboxylic acids is 1. The lowest BCUT2D eigenvalue weighted by Gasteiger charge is -2.26. The standard InChI is InChI=1S/C28H28Cl2F2N2O7S/c1-17(33(2)42(37,38)20-6-4-3-5-7-20)27(35)40-25(13-21-22(29)14-34(36)15-23(21)30)19-10-11-24(41-28(31)32)26(12-19)39-16-18-8-9-18/h3-7,10-12,14-15,17-18,25,28H,8-9,13,16H2,1-2H3/t17-,25+/m0/s1. The van der Waals surface area contributed by atoms with Crippen LogP contribution in [0.3, 0.4) is 0 Å². The van der Waals surface area contributed by atoms with Gasteiger partial charge in [0.05, 0.1) is 11.5 Å². The van der Waals surface area contributed by atoms with Crippen molar-refractivity contribution in [1.29, 1.82) is 0 Å². The number of esters is 1. The summed E-state index contributed by atoms with van der Waals surface area (Å²) < 4.78 is 69.9. The van der Waals surface area contributed by atoms with Crippen molar-refractivity contribution in [3.05, 3.63) is 87.3 Å². The van der Waals surface area contributed by atoms with Crippen LogP contribution in [0.4, 0.5) is 8.78 Å². The van der Waals surface area contributed by atoms with Gasteiger partial charge in [0.15, 0.2) is 23.9 Å². The van der Waals surface area contributed by atoms with Crippen LogP contribution in [0.5, 0.6) is 11.5 Å². The van der Waals surface area contributed by atoms with Crippen LogP contribution in [0, 0.1) is 11.1 Å². The quantitative estimate of drug-likeness (QED) is 0.136. The number of hydrogen-bond acceptors (Lipinski definition) is 7. The van der Waals surface area contributed by atoms with Crippen LogP contribution in [0.1, 0.15) is 37.0 Å². The van der Waals surface area contributed by atoms with Crippen molar-refractivity contribution in [3.8, 4) is 11.5 Å². The van der Waals surface area contributed by atoms with Crippen molar-refractivity contribution in [2.45, 2.75) is 49.8 Å². The Bertz CT molecular complexity index is 1500. The summed E-state index contributed by atoms with van der Waals surface area (Å²) in [5.41, 5.74) is 0.581. The Kier molecular flexibility index (Phi) is 10.1. The highest BCUT2D eigenvalue weighted by Crippen LogP contribution is 2.38. The van der Waals surface area contributed by atoms with Gasteiger partial charge >= 0.3 is 12.6 Å². The molecule has 42 heavy (non-hydrogen) atoms. The number of alkyl halides is 2. The molecule has 2 aromatic carbocycles. The molecule has 1 heterocycles. The molecule has 1 aliphatic rings. The number of halogens is 4. The monoisotopic (exact) mass is 644 g/mol. The van der Waals surface area contributed by atoms with Crippen molar-refractivity contribution in [2.24, 2.45) is 5.92 Å². The van der Waals surface area contributed by atoms with Gasteiger partial charge in [-0.3, -0.25) is 4.79 Å². The summed E-state index contributed by atoms with van der Waals surface area (Å²) in [5.74, 6) is -0.798. The molecule has 1 aromatic heterocycles. The van der Waals surface area contributed by atoms with Gasteiger partial charge < -0.3 is 19.4 Å². The van der Waals surface area contributed by atoms with Gasteiger partial charge in [0.1, 0.15) is 22.2 Å². The first-order valence-corrected chi connectivity index (χ1v) is 15.1. The molecule has 1 saturated carbocycles. The number of aromatic nitrogens is 1. The first kappa shape index (κ1) is 31.7. The predicted molar refractivity (Wildman–Crippen MR) is 150 cm³/mol. The van der Waals surface area contributed by atoms with Gasteiger partial charge in [0.25, 0.3) is 0 Å². The Balaban J connectivity index is 1.67. The fraction of sp³-hybridized carbons (Fsp3) is 0.357. The second kappa shape index (κ2) is 13.4. The van der Waals surface area contributed by atoms with Crippen molar-refractivity contribution in [3.63, 3.8) is 0 Å². The lowest BCUT2D eigenvalue weighted by atomic mass is 10.0. The van der Waals surface area contributed by atoms with Gasteiger partial charge in [-0.2, -0.15) is 17.8 Å². The number of pyridine rings is 1. The fourth-order valence-electron chi connectivity index (χ4n) is 4.02. The Labute approximate surface area is 252 Å². The number of hydrogen-bond donors (Lipinski definition) is 0. The van der Waals surface area contributed by atoms with E-state index in [1.165, 1.54) is 44.3 Å². The summed E-state index contributed by atoms with van der Waals surface area (Å²) in [5, 5.41) is 11.8. The first-order chi connectivity index (χ1) is 19.9. The van der Waals surface area contributed by atoms with E-state index in [2.05, 4.69) is 4.74 Å². The Morgan fingerprint density at radius 3 is 2.33 bits per heavy atom. The molecule has 2 atom stereocenters. The summed E-state index contributed by atoms with van der Waals surface area (Å²) in [4.78, 5) is 13.4. The lowest BCUT2D eigenvalue weighted by Crippen LogP contribution is -2.41. The second-order valence-electron chi connectivity index (χ2n) is 9.77. The maximum absolute atomic E-state index is 13.4. The zero-order valence-electron chi connectivity index (χ0n) is 22.6. The van der Waals surface area contributed by atoms with E-state index in [1.54, 1.807) is 18.2 Å². The van der Waals surface area contributed by atoms with E-state index in [1.807, 2.05) is 0 Å². The Morgan fingerprint density at radius 1 is 1.10 bits per heavy atom. The zero-order valence-corrected chi connectivity index (χ0v) is 24.9. The normalized spacial score (nSPS) is 15.0. The van der Waals surface area contributed by atoms with Gasteiger partial charge in [-0.25, -0.2) is 8.42 Å². The topological polar surface area (TPSA) is 109 Å². The molecule has 0 amide bonds. The average molecular weight is 646 g/mol. The fourth-order valence-corrected chi connectivity index (χ4v) is 5.95. The van der Waals surface area contributed by atoms with Crippen LogP contribution in [-0.4, -0.2) is 45.0 Å². The van der Waals surface area contributed by atoms with E-state index < -0.39 is 34.7 Å². The van der Waals surface area contributed by atoms with Gasteiger partial charge in [0, 0.05) is 19.0 Å². The second-order valence-corrected chi connectivity index (χ2v) is 12.6. The SMILES string of the molecule is C[C@@H](C(=O)O[C@H](Cc1c(Cl)c[n+]([O-])cc1Cl)c1ccc(OC(F)F)c(OCC2CC2)c1)N(C)S(=O)(=O)c1ccccc1. The highest BCUT2D eigenvalue weighted by Gasteiger charge is 2.33. The molecule has 0 spiro atoms. The highest BCUT2D eigenvalue weighted by atomic mass is 35.5. The molecule has 0 unspecified atom stereocenters. The Morgan fingerprint density at radius 2 is 1.74 bits per heavy atom. The third-order valence-corrected chi connectivity index (χ3v) is 9.33. The zero-order chi connectivity index (χ0) is 30.6. The summed E-state index contributed by atoms with van der Waals surface area (Å²) in [6, 6.07) is 10.4. The number of ether oxygens (including phenoxy) is 3. The molecule has 0 N–H and O–H groups in total. The van der Waals surface area contributed by atoms with Crippen LogP contribution in [0.15, 0.2) is 65.8 Å². The van der Waals surface area contributed by atoms with Gasteiger partial charge in [-0.1, -0.05) is 47.5 Å². The van der Waals surface area contributed by atoms with Gasteiger partial charge in [0.2, 0.25) is 10.0 Å². The third-order valence-electron chi connectivity index (χ3n) is 6.74. The molecule has 0 aliphatic heterocycles. The maximum Gasteiger partial charge on any atom is 0.387 e. The summed E-state index contributed by atoms with van der Waals surface area (Å²) in [6.45, 7) is -1.45. The molecule has 14 heteroatoms. The number of likely N-dealkylation sites (N-methyl/N-ethyl adjacent to an activating group) is 1. The first-order valence-electron chi connectivity index (χ1n) is 12.9. The summed E-state index contributed by atoms with van der Waals surface area (Å²) in [6.07, 6.45) is 2.78. The smallest absolute Gasteiger partial charge is 0.387 e. The molecular weight excluding hydrogens is 617 g/mol. The van der Waals surface area contributed by atoms with E-state index in [4.69, 9.17) is 32.7 Å². The largest absolute Gasteiger partial charge is 0.619 e. The maximum atomic E-state index is 13.4. The molecule has 9 nitrogen and oxygen atoms in total. The molecule has 0 saturated heterocycles. The third kappa shape index (κ3) is 7.80.